The van der Waals surface area contributed by atoms with Crippen LogP contribution in [0.5, 0.6) is 5.75 Å². The van der Waals surface area contributed by atoms with Gasteiger partial charge in [0.15, 0.2) is 5.76 Å². The van der Waals surface area contributed by atoms with Gasteiger partial charge >= 0.3 is 5.91 Å². The highest BCUT2D eigenvalue weighted by molar-refractivity contribution is 6.34. The quantitative estimate of drug-likeness (QED) is 0.242. The molecular weight excluding hydrogens is 418 g/mol. The standard InChI is InChI=1S/C23H22ClN3O4/c1-3-30-11-10-27-19-7-5-4-6-17(19)18(22(27)24)14-25-26-23(28)21-13-15-12-16(29-2)8-9-20(15)31-21/h4-9,12-14H,3,10-11H2,1-2H3,(H,26,28). The van der Waals surface area contributed by atoms with Crippen molar-refractivity contribution >= 4 is 45.6 Å². The smallest absolute Gasteiger partial charge is 0.307 e. The number of methoxy groups -OCH3 is 1. The molecule has 2 aromatic carbocycles. The minimum Gasteiger partial charge on any atom is -0.497 e. The number of aromatic nitrogens is 1. The molecule has 0 bridgehead atoms. The van der Waals surface area contributed by atoms with Crippen molar-refractivity contribution in [3.05, 3.63) is 65.0 Å². The van der Waals surface area contributed by atoms with Crippen LogP contribution in [0.2, 0.25) is 5.15 Å². The van der Waals surface area contributed by atoms with Crippen LogP contribution in [0, 0.1) is 0 Å². The fourth-order valence-electron chi connectivity index (χ4n) is 3.41. The Kier molecular flexibility index (Phi) is 6.25. The first-order valence-corrected chi connectivity index (χ1v) is 10.3. The lowest BCUT2D eigenvalue weighted by molar-refractivity contribution is 0.0929. The van der Waals surface area contributed by atoms with Gasteiger partial charge in [0.1, 0.15) is 16.5 Å². The van der Waals surface area contributed by atoms with E-state index < -0.39 is 5.91 Å². The Labute approximate surface area is 184 Å². The van der Waals surface area contributed by atoms with E-state index in [0.29, 0.717) is 36.2 Å². The molecule has 7 nitrogen and oxygen atoms in total. The molecule has 31 heavy (non-hydrogen) atoms. The summed E-state index contributed by atoms with van der Waals surface area (Å²) in [6.45, 7) is 3.77. The van der Waals surface area contributed by atoms with Crippen LogP contribution in [0.4, 0.5) is 0 Å². The number of carbonyl (C=O) groups excluding carboxylic acids is 1. The van der Waals surface area contributed by atoms with Gasteiger partial charge in [-0.1, -0.05) is 29.8 Å². The summed E-state index contributed by atoms with van der Waals surface area (Å²) in [7, 11) is 1.59. The average molecular weight is 440 g/mol. The maximum atomic E-state index is 12.5. The molecule has 160 valence electrons. The number of rotatable bonds is 8. The van der Waals surface area contributed by atoms with E-state index >= 15 is 0 Å². The van der Waals surface area contributed by atoms with E-state index in [9.17, 15) is 4.79 Å². The Morgan fingerprint density at radius 2 is 2.10 bits per heavy atom. The second-order valence-corrected chi connectivity index (χ2v) is 7.14. The predicted octanol–water partition coefficient (Wildman–Crippen LogP) is 4.85. The van der Waals surface area contributed by atoms with E-state index in [1.165, 1.54) is 0 Å². The summed E-state index contributed by atoms with van der Waals surface area (Å²) in [6.07, 6.45) is 1.55. The van der Waals surface area contributed by atoms with Crippen LogP contribution in [0.3, 0.4) is 0 Å². The van der Waals surface area contributed by atoms with Crippen molar-refractivity contribution in [2.45, 2.75) is 13.5 Å². The molecule has 0 saturated heterocycles. The molecule has 8 heteroatoms. The molecule has 0 saturated carbocycles. The molecule has 0 spiro atoms. The van der Waals surface area contributed by atoms with Gasteiger partial charge in [0.05, 0.1) is 19.9 Å². The molecule has 0 radical (unpaired) electrons. The number of furan rings is 1. The van der Waals surface area contributed by atoms with Crippen LogP contribution in [-0.2, 0) is 11.3 Å². The number of fused-ring (bicyclic) bond motifs is 2. The number of ether oxygens (including phenoxy) is 2. The Hall–Kier alpha value is -3.29. The number of halogens is 1. The minimum atomic E-state index is -0.456. The van der Waals surface area contributed by atoms with Gasteiger partial charge in [0.25, 0.3) is 0 Å². The van der Waals surface area contributed by atoms with E-state index in [1.54, 1.807) is 37.6 Å². The van der Waals surface area contributed by atoms with Gasteiger partial charge in [-0.15, -0.1) is 0 Å². The maximum absolute atomic E-state index is 12.5. The lowest BCUT2D eigenvalue weighted by atomic mass is 10.2. The van der Waals surface area contributed by atoms with Crippen molar-refractivity contribution in [3.8, 4) is 5.75 Å². The Balaban J connectivity index is 1.54. The fraction of sp³-hybridized carbons (Fsp3) is 0.217. The minimum absolute atomic E-state index is 0.158. The molecule has 4 rings (SSSR count). The van der Waals surface area contributed by atoms with E-state index in [4.69, 9.17) is 25.5 Å². The fourth-order valence-corrected chi connectivity index (χ4v) is 3.74. The SMILES string of the molecule is CCOCCn1c(Cl)c(C=NNC(=O)c2cc3cc(OC)ccc3o2)c2ccccc21. The van der Waals surface area contributed by atoms with Crippen molar-refractivity contribution in [2.75, 3.05) is 20.3 Å². The van der Waals surface area contributed by atoms with Gasteiger partial charge in [-0.2, -0.15) is 5.10 Å². The van der Waals surface area contributed by atoms with Crippen molar-refractivity contribution in [1.29, 1.82) is 0 Å². The summed E-state index contributed by atoms with van der Waals surface area (Å²) in [6, 6.07) is 14.8. The van der Waals surface area contributed by atoms with Crippen molar-refractivity contribution in [1.82, 2.24) is 9.99 Å². The highest BCUT2D eigenvalue weighted by atomic mass is 35.5. The second kappa shape index (κ2) is 9.24. The zero-order chi connectivity index (χ0) is 21.8. The van der Waals surface area contributed by atoms with Crippen LogP contribution in [0.25, 0.3) is 21.9 Å². The molecule has 1 amide bonds. The molecule has 0 aliphatic rings. The zero-order valence-electron chi connectivity index (χ0n) is 17.2. The summed E-state index contributed by atoms with van der Waals surface area (Å²) >= 11 is 6.62. The summed E-state index contributed by atoms with van der Waals surface area (Å²) in [4.78, 5) is 12.5. The summed E-state index contributed by atoms with van der Waals surface area (Å²) in [5.41, 5.74) is 4.80. The number of hydrogen-bond acceptors (Lipinski definition) is 5. The van der Waals surface area contributed by atoms with Crippen molar-refractivity contribution in [2.24, 2.45) is 5.10 Å². The van der Waals surface area contributed by atoms with Gasteiger partial charge in [-0.3, -0.25) is 4.79 Å². The molecule has 4 aromatic rings. The Morgan fingerprint density at radius 1 is 1.26 bits per heavy atom. The average Bonchev–Trinajstić information content (AvgIpc) is 3.33. The van der Waals surface area contributed by atoms with Gasteiger partial charge < -0.3 is 18.5 Å². The lowest BCUT2D eigenvalue weighted by Gasteiger charge is -2.06. The number of nitrogens with one attached hydrogen (secondary N) is 1. The lowest BCUT2D eigenvalue weighted by Crippen LogP contribution is -2.16. The van der Waals surface area contributed by atoms with Gasteiger partial charge in [-0.25, -0.2) is 5.43 Å². The van der Waals surface area contributed by atoms with Gasteiger partial charge in [0.2, 0.25) is 0 Å². The highest BCUT2D eigenvalue weighted by Crippen LogP contribution is 2.29. The summed E-state index contributed by atoms with van der Waals surface area (Å²) in [5.74, 6) is 0.391. The molecule has 0 atom stereocenters. The number of hydrogen-bond donors (Lipinski definition) is 1. The van der Waals surface area contributed by atoms with E-state index in [0.717, 1.165) is 21.9 Å². The van der Waals surface area contributed by atoms with Crippen molar-refractivity contribution in [3.63, 3.8) is 0 Å². The normalized spacial score (nSPS) is 11.6. The first-order chi connectivity index (χ1) is 15.1. The van der Waals surface area contributed by atoms with Crippen LogP contribution >= 0.6 is 11.6 Å². The Bertz CT molecular complexity index is 1260. The largest absolute Gasteiger partial charge is 0.497 e. The van der Waals surface area contributed by atoms with Crippen LogP contribution < -0.4 is 10.2 Å². The second-order valence-electron chi connectivity index (χ2n) is 6.78. The first-order valence-electron chi connectivity index (χ1n) is 9.87. The molecule has 0 unspecified atom stereocenters. The number of benzene rings is 2. The molecular formula is C23H22ClN3O4. The first kappa shape index (κ1) is 21.0. The molecule has 0 fully saturated rings. The van der Waals surface area contributed by atoms with E-state index in [1.807, 2.05) is 35.8 Å². The predicted molar refractivity (Wildman–Crippen MR) is 121 cm³/mol. The Morgan fingerprint density at radius 3 is 2.90 bits per heavy atom. The third-order valence-corrected chi connectivity index (χ3v) is 5.32. The number of carbonyl (C=O) groups is 1. The highest BCUT2D eigenvalue weighted by Gasteiger charge is 2.15. The summed E-state index contributed by atoms with van der Waals surface area (Å²) < 4.78 is 18.2. The number of para-hydroxylation sites is 1. The van der Waals surface area contributed by atoms with Crippen LogP contribution in [0.15, 0.2) is 58.0 Å². The molecule has 1 N–H and O–H groups in total. The number of nitrogens with zero attached hydrogens (tertiary/aromatic N) is 2. The summed E-state index contributed by atoms with van der Waals surface area (Å²) in [5, 5.41) is 6.36. The monoisotopic (exact) mass is 439 g/mol. The van der Waals surface area contributed by atoms with E-state index in [2.05, 4.69) is 10.5 Å². The zero-order valence-corrected chi connectivity index (χ0v) is 18.0. The van der Waals surface area contributed by atoms with Crippen molar-refractivity contribution < 1.29 is 18.7 Å². The van der Waals surface area contributed by atoms with Crippen LogP contribution in [0.1, 0.15) is 23.0 Å². The third-order valence-electron chi connectivity index (χ3n) is 4.91. The number of hydrazone groups is 1. The topological polar surface area (TPSA) is 78.0 Å². The number of amides is 1. The van der Waals surface area contributed by atoms with Crippen LogP contribution in [-0.4, -0.2) is 37.0 Å². The maximum Gasteiger partial charge on any atom is 0.307 e. The third kappa shape index (κ3) is 4.28. The molecule has 2 heterocycles. The van der Waals surface area contributed by atoms with Gasteiger partial charge in [-0.05, 0) is 37.3 Å². The van der Waals surface area contributed by atoms with E-state index in [-0.39, 0.29) is 5.76 Å². The molecule has 0 aliphatic heterocycles. The molecule has 0 aliphatic carbocycles. The molecule has 2 aromatic heterocycles. The van der Waals surface area contributed by atoms with Gasteiger partial charge in [0, 0.05) is 35.0 Å².